The summed E-state index contributed by atoms with van der Waals surface area (Å²) in [5, 5.41) is 35.5. The topological polar surface area (TPSA) is 241 Å². The van der Waals surface area contributed by atoms with E-state index >= 15 is 0 Å². The Morgan fingerprint density at radius 2 is 1.51 bits per heavy atom. The van der Waals surface area contributed by atoms with Crippen molar-refractivity contribution < 1.29 is 44.1 Å². The molecule has 1 aromatic carbocycles. The minimum atomic E-state index is -1.49. The number of H-pyrrole nitrogens is 1. The van der Waals surface area contributed by atoms with E-state index in [4.69, 9.17) is 15.9 Å². The summed E-state index contributed by atoms with van der Waals surface area (Å²) in [6, 6.07) is 1.76. The van der Waals surface area contributed by atoms with Crippen LogP contribution in [-0.2, 0) is 35.2 Å². The first-order valence-corrected chi connectivity index (χ1v) is 12.2. The fourth-order valence-corrected chi connectivity index (χ4v) is 3.87. The molecule has 212 valence electrons. The molecule has 4 unspecified atom stereocenters. The number of carboxylic acids is 3. The standard InChI is InChI=1S/C25H33N5O9/c1-12(2)21(30-23(36)17(7-8-19(31)32)28-22(35)15(26)10-20(33)34)24(37)29-18(25(38)39)9-13-11-27-16-6-4-3-5-14(13)16/h3-6,11-12,15,17-18,21,27H,7-10,26H2,1-2H3,(H,28,35)(H,29,37)(H,30,36)(H,31,32)(H,33,34)(H,38,39). The van der Waals surface area contributed by atoms with Gasteiger partial charge in [-0.25, -0.2) is 4.79 Å². The van der Waals surface area contributed by atoms with Gasteiger partial charge in [0.15, 0.2) is 0 Å². The predicted octanol–water partition coefficient (Wildman–Crippen LogP) is -0.428. The molecule has 0 saturated carbocycles. The molecule has 2 aromatic rings. The van der Waals surface area contributed by atoms with Gasteiger partial charge in [0.05, 0.1) is 12.5 Å². The SMILES string of the molecule is CC(C)C(NC(=O)C(CCC(=O)O)NC(=O)C(N)CC(=O)O)C(=O)NC(Cc1c[nH]c2ccccc12)C(=O)O. The number of hydrogen-bond acceptors (Lipinski definition) is 7. The number of carboxylic acid groups (broad SMARTS) is 3. The third-order valence-corrected chi connectivity index (χ3v) is 5.97. The van der Waals surface area contributed by atoms with Gasteiger partial charge in [-0.3, -0.25) is 24.0 Å². The van der Waals surface area contributed by atoms with Crippen molar-refractivity contribution in [3.63, 3.8) is 0 Å². The lowest BCUT2D eigenvalue weighted by Gasteiger charge is -2.27. The van der Waals surface area contributed by atoms with Crippen molar-refractivity contribution in [1.82, 2.24) is 20.9 Å². The average molecular weight is 548 g/mol. The smallest absolute Gasteiger partial charge is 0.326 e. The third kappa shape index (κ3) is 9.10. The molecule has 4 atom stereocenters. The van der Waals surface area contributed by atoms with Crippen LogP contribution in [0.3, 0.4) is 0 Å². The molecule has 1 heterocycles. The lowest BCUT2D eigenvalue weighted by atomic mass is 10.00. The molecular formula is C25H33N5O9. The molecule has 0 aliphatic heterocycles. The third-order valence-electron chi connectivity index (χ3n) is 5.97. The van der Waals surface area contributed by atoms with Crippen molar-refractivity contribution in [2.75, 3.05) is 0 Å². The second-order valence-corrected chi connectivity index (χ2v) is 9.39. The van der Waals surface area contributed by atoms with Gasteiger partial charge in [-0.15, -0.1) is 0 Å². The number of carbonyl (C=O) groups is 6. The quantitative estimate of drug-likeness (QED) is 0.143. The van der Waals surface area contributed by atoms with Crippen LogP contribution >= 0.6 is 0 Å². The van der Waals surface area contributed by atoms with Crippen LogP contribution in [0.15, 0.2) is 30.5 Å². The number of hydrogen-bond donors (Lipinski definition) is 8. The van der Waals surface area contributed by atoms with Crippen LogP contribution in [0.25, 0.3) is 10.9 Å². The van der Waals surface area contributed by atoms with E-state index in [-0.39, 0.29) is 12.8 Å². The van der Waals surface area contributed by atoms with Gasteiger partial charge in [0, 0.05) is 29.9 Å². The summed E-state index contributed by atoms with van der Waals surface area (Å²) < 4.78 is 0. The molecule has 3 amide bonds. The molecular weight excluding hydrogens is 514 g/mol. The Kier molecular flexibility index (Phi) is 11.0. The van der Waals surface area contributed by atoms with Gasteiger partial charge in [-0.05, 0) is 24.0 Å². The number of nitrogens with one attached hydrogen (secondary N) is 4. The maximum atomic E-state index is 13.1. The normalized spacial score (nSPS) is 14.2. The van der Waals surface area contributed by atoms with Crippen LogP contribution < -0.4 is 21.7 Å². The zero-order chi connectivity index (χ0) is 29.3. The minimum Gasteiger partial charge on any atom is -0.481 e. The number of carbonyl (C=O) groups excluding carboxylic acids is 3. The van der Waals surface area contributed by atoms with Crippen LogP contribution in [0.2, 0.25) is 0 Å². The minimum absolute atomic E-state index is 0.0391. The summed E-state index contributed by atoms with van der Waals surface area (Å²) >= 11 is 0. The number of para-hydroxylation sites is 1. The van der Waals surface area contributed by atoms with Crippen LogP contribution in [-0.4, -0.2) is 80.1 Å². The molecule has 0 aliphatic rings. The zero-order valence-electron chi connectivity index (χ0n) is 21.5. The number of aromatic amines is 1. The highest BCUT2D eigenvalue weighted by Crippen LogP contribution is 2.19. The summed E-state index contributed by atoms with van der Waals surface area (Å²) in [7, 11) is 0. The van der Waals surface area contributed by atoms with Crippen LogP contribution in [0.5, 0.6) is 0 Å². The number of amides is 3. The van der Waals surface area contributed by atoms with Gasteiger partial charge in [-0.2, -0.15) is 0 Å². The largest absolute Gasteiger partial charge is 0.481 e. The van der Waals surface area contributed by atoms with Gasteiger partial charge in [0.1, 0.15) is 18.1 Å². The number of fused-ring (bicyclic) bond motifs is 1. The average Bonchev–Trinajstić information content (AvgIpc) is 3.26. The highest BCUT2D eigenvalue weighted by atomic mass is 16.4. The number of rotatable bonds is 15. The van der Waals surface area contributed by atoms with E-state index in [0.29, 0.717) is 5.56 Å². The van der Waals surface area contributed by atoms with Gasteiger partial charge >= 0.3 is 17.9 Å². The summed E-state index contributed by atoms with van der Waals surface area (Å²) in [5.41, 5.74) is 6.99. The van der Waals surface area contributed by atoms with E-state index < -0.39 is 78.6 Å². The maximum Gasteiger partial charge on any atom is 0.326 e. The first-order valence-electron chi connectivity index (χ1n) is 12.2. The van der Waals surface area contributed by atoms with E-state index in [1.807, 2.05) is 18.2 Å². The highest BCUT2D eigenvalue weighted by molar-refractivity contribution is 5.95. The molecule has 9 N–H and O–H groups in total. The van der Waals surface area contributed by atoms with Crippen molar-refractivity contribution in [1.29, 1.82) is 0 Å². The van der Waals surface area contributed by atoms with E-state index in [2.05, 4.69) is 20.9 Å². The Morgan fingerprint density at radius 3 is 2.10 bits per heavy atom. The highest BCUT2D eigenvalue weighted by Gasteiger charge is 2.32. The predicted molar refractivity (Wildman–Crippen MR) is 137 cm³/mol. The molecule has 39 heavy (non-hydrogen) atoms. The fraction of sp³-hybridized carbons (Fsp3) is 0.440. The summed E-state index contributed by atoms with van der Waals surface area (Å²) in [6.45, 7) is 3.21. The summed E-state index contributed by atoms with van der Waals surface area (Å²) in [5.74, 6) is -7.11. The number of aliphatic carboxylic acids is 3. The zero-order valence-corrected chi connectivity index (χ0v) is 21.5. The summed E-state index contributed by atoms with van der Waals surface area (Å²) in [4.78, 5) is 75.3. The first-order chi connectivity index (χ1) is 18.3. The van der Waals surface area contributed by atoms with Gasteiger partial charge in [0.25, 0.3) is 0 Å². The van der Waals surface area contributed by atoms with Crippen molar-refractivity contribution in [2.45, 2.75) is 63.7 Å². The van der Waals surface area contributed by atoms with Crippen molar-refractivity contribution in [3.05, 3.63) is 36.0 Å². The van der Waals surface area contributed by atoms with Crippen molar-refractivity contribution in [2.24, 2.45) is 11.7 Å². The molecule has 0 aliphatic carbocycles. The van der Waals surface area contributed by atoms with E-state index in [1.54, 1.807) is 26.1 Å². The van der Waals surface area contributed by atoms with Crippen molar-refractivity contribution >= 4 is 46.5 Å². The number of nitrogens with two attached hydrogens (primary N) is 1. The Hall–Kier alpha value is -4.46. The van der Waals surface area contributed by atoms with Crippen LogP contribution in [0.4, 0.5) is 0 Å². The van der Waals surface area contributed by atoms with E-state index in [1.165, 1.54) is 0 Å². The molecule has 1 aromatic heterocycles. The lowest BCUT2D eigenvalue weighted by Crippen LogP contribution is -2.58. The Bertz CT molecular complexity index is 1230. The second kappa shape index (κ2) is 13.9. The van der Waals surface area contributed by atoms with E-state index in [9.17, 15) is 33.9 Å². The van der Waals surface area contributed by atoms with Crippen LogP contribution in [0.1, 0.15) is 38.7 Å². The first kappa shape index (κ1) is 30.8. The van der Waals surface area contributed by atoms with Gasteiger partial charge in [-0.1, -0.05) is 32.0 Å². The summed E-state index contributed by atoms with van der Waals surface area (Å²) in [6.07, 6.45) is 0.0131. The maximum absolute atomic E-state index is 13.1. The molecule has 0 saturated heterocycles. The molecule has 14 nitrogen and oxygen atoms in total. The molecule has 0 fully saturated rings. The number of aromatic nitrogens is 1. The Morgan fingerprint density at radius 1 is 0.872 bits per heavy atom. The Balaban J connectivity index is 2.16. The Labute approximate surface area is 223 Å². The lowest BCUT2D eigenvalue weighted by molar-refractivity contribution is -0.142. The molecule has 0 radical (unpaired) electrons. The molecule has 14 heteroatoms. The van der Waals surface area contributed by atoms with E-state index in [0.717, 1.165) is 10.9 Å². The monoisotopic (exact) mass is 547 g/mol. The molecule has 0 bridgehead atoms. The fourth-order valence-electron chi connectivity index (χ4n) is 3.87. The molecule has 2 rings (SSSR count). The van der Waals surface area contributed by atoms with Crippen LogP contribution in [0, 0.1) is 5.92 Å². The second-order valence-electron chi connectivity index (χ2n) is 9.39. The molecule has 0 spiro atoms. The van der Waals surface area contributed by atoms with Gasteiger partial charge < -0.3 is 42.0 Å². The van der Waals surface area contributed by atoms with Gasteiger partial charge in [0.2, 0.25) is 17.7 Å². The van der Waals surface area contributed by atoms with Crippen molar-refractivity contribution in [3.8, 4) is 0 Å². The number of benzene rings is 1.